The topological polar surface area (TPSA) is 26.0 Å². The van der Waals surface area contributed by atoms with Gasteiger partial charge >= 0.3 is 0 Å². The molecule has 0 bridgehead atoms. The highest BCUT2D eigenvalue weighted by molar-refractivity contribution is 7.18. The van der Waals surface area contributed by atoms with Crippen LogP contribution in [0.25, 0.3) is 0 Å². The predicted molar refractivity (Wildman–Crippen MR) is 41.8 cm³/mol. The predicted octanol–water partition coefficient (Wildman–Crippen LogP) is 1.58. The molecule has 0 aromatic heterocycles. The maximum Gasteiger partial charge on any atom is 0.0318 e. The van der Waals surface area contributed by atoms with Gasteiger partial charge in [0.25, 0.3) is 0 Å². The van der Waals surface area contributed by atoms with Gasteiger partial charge in [0.15, 0.2) is 0 Å². The van der Waals surface area contributed by atoms with Gasteiger partial charge in [-0.15, -0.1) is 9.24 Å². The molecule has 0 aliphatic rings. The van der Waals surface area contributed by atoms with Crippen molar-refractivity contribution in [3.63, 3.8) is 0 Å². The highest BCUT2D eigenvalue weighted by Gasteiger charge is 2.27. The van der Waals surface area contributed by atoms with E-state index in [1.807, 2.05) is 6.92 Å². The molecule has 2 unspecified atom stereocenters. The fourth-order valence-corrected chi connectivity index (χ4v) is 0. The van der Waals surface area contributed by atoms with E-state index in [0.29, 0.717) is 0 Å². The second-order valence-electron chi connectivity index (χ2n) is 3.53. The molecule has 0 radical (unpaired) electrons. The molecule has 0 aliphatic carbocycles. The lowest BCUT2D eigenvalue weighted by Crippen LogP contribution is -2.42. The van der Waals surface area contributed by atoms with E-state index in [1.165, 1.54) is 0 Å². The summed E-state index contributed by atoms with van der Waals surface area (Å²) in [5, 5.41) is -0.146. The second-order valence-corrected chi connectivity index (χ2v) is 4.73. The first kappa shape index (κ1) is 8.39. The minimum absolute atomic E-state index is 0.146. The van der Waals surface area contributed by atoms with Gasteiger partial charge in [0, 0.05) is 5.28 Å². The maximum absolute atomic E-state index is 5.78. The van der Waals surface area contributed by atoms with Gasteiger partial charge in [-0.3, -0.25) is 0 Å². The zero-order valence-corrected chi connectivity index (χ0v) is 7.31. The molecule has 0 spiro atoms. The fraction of sp³-hybridized carbons (Fsp3) is 1.00. The molecule has 0 aromatic rings. The van der Waals surface area contributed by atoms with Crippen molar-refractivity contribution in [2.24, 2.45) is 11.1 Å². The molecule has 0 fully saturated rings. The minimum atomic E-state index is -0.146. The Balaban J connectivity index is 4.02. The molecule has 2 N–H and O–H groups in total. The van der Waals surface area contributed by atoms with Crippen molar-refractivity contribution < 1.29 is 0 Å². The van der Waals surface area contributed by atoms with Crippen molar-refractivity contribution >= 4 is 9.24 Å². The van der Waals surface area contributed by atoms with E-state index in [1.54, 1.807) is 0 Å². The molecule has 50 valence electrons. The summed E-state index contributed by atoms with van der Waals surface area (Å²) in [5.41, 5.74) is 5.95. The summed E-state index contributed by atoms with van der Waals surface area (Å²) in [4.78, 5) is 0. The van der Waals surface area contributed by atoms with Crippen LogP contribution in [0.4, 0.5) is 0 Å². The van der Waals surface area contributed by atoms with E-state index >= 15 is 0 Å². The molecule has 2 atom stereocenters. The van der Waals surface area contributed by atoms with Crippen molar-refractivity contribution in [1.82, 2.24) is 0 Å². The monoisotopic (exact) mass is 133 g/mol. The normalized spacial score (nSPS) is 20.2. The summed E-state index contributed by atoms with van der Waals surface area (Å²) in [7, 11) is 2.64. The summed E-state index contributed by atoms with van der Waals surface area (Å²) in [6.45, 7) is 8.39. The highest BCUT2D eigenvalue weighted by atomic mass is 31.0. The SMILES string of the molecule is CC(C)(C)C(C)(N)P. The van der Waals surface area contributed by atoms with E-state index in [2.05, 4.69) is 30.0 Å². The molecule has 0 aromatic carbocycles. The summed E-state index contributed by atoms with van der Waals surface area (Å²) in [6.07, 6.45) is 0. The molecule has 0 amide bonds. The Morgan fingerprint density at radius 1 is 1.12 bits per heavy atom. The molecule has 2 heteroatoms. The van der Waals surface area contributed by atoms with E-state index in [-0.39, 0.29) is 10.7 Å². The van der Waals surface area contributed by atoms with Crippen LogP contribution in [-0.2, 0) is 0 Å². The van der Waals surface area contributed by atoms with Crippen molar-refractivity contribution in [3.05, 3.63) is 0 Å². The smallest absolute Gasteiger partial charge is 0.0318 e. The molecular formula is C6H16NP. The van der Waals surface area contributed by atoms with Crippen molar-refractivity contribution in [3.8, 4) is 0 Å². The van der Waals surface area contributed by atoms with Crippen molar-refractivity contribution in [1.29, 1.82) is 0 Å². The lowest BCUT2D eigenvalue weighted by atomic mass is 9.88. The molecule has 0 rings (SSSR count). The van der Waals surface area contributed by atoms with Gasteiger partial charge in [0.1, 0.15) is 0 Å². The zero-order chi connectivity index (χ0) is 7.00. The second kappa shape index (κ2) is 1.97. The van der Waals surface area contributed by atoms with Gasteiger partial charge in [0.05, 0.1) is 0 Å². The summed E-state index contributed by atoms with van der Waals surface area (Å²) in [6, 6.07) is 0. The van der Waals surface area contributed by atoms with Crippen LogP contribution in [0, 0.1) is 5.41 Å². The largest absolute Gasteiger partial charge is 0.322 e. The summed E-state index contributed by atoms with van der Waals surface area (Å²) >= 11 is 0. The Morgan fingerprint density at radius 2 is 1.25 bits per heavy atom. The molecule has 0 saturated heterocycles. The van der Waals surface area contributed by atoms with Gasteiger partial charge in [-0.1, -0.05) is 20.8 Å². The third-order valence-corrected chi connectivity index (χ3v) is 2.48. The number of rotatable bonds is 0. The third-order valence-electron chi connectivity index (χ3n) is 1.62. The van der Waals surface area contributed by atoms with E-state index in [4.69, 9.17) is 5.73 Å². The number of hydrogen-bond donors (Lipinski definition) is 1. The Labute approximate surface area is 54.2 Å². The fourth-order valence-electron chi connectivity index (χ4n) is 0. The number of hydrogen-bond acceptors (Lipinski definition) is 1. The van der Waals surface area contributed by atoms with E-state index < -0.39 is 0 Å². The summed E-state index contributed by atoms with van der Waals surface area (Å²) < 4.78 is 0. The first-order chi connectivity index (χ1) is 3.25. The van der Waals surface area contributed by atoms with Crippen LogP contribution in [0.3, 0.4) is 0 Å². The Bertz CT molecular complexity index is 63.5. The Morgan fingerprint density at radius 3 is 1.25 bits per heavy atom. The van der Waals surface area contributed by atoms with Crippen LogP contribution >= 0.6 is 9.24 Å². The third kappa shape index (κ3) is 2.11. The van der Waals surface area contributed by atoms with Crippen LogP contribution in [0.1, 0.15) is 27.7 Å². The Kier molecular flexibility index (Phi) is 2.06. The van der Waals surface area contributed by atoms with Crippen molar-refractivity contribution in [2.75, 3.05) is 0 Å². The van der Waals surface area contributed by atoms with Crippen LogP contribution in [0.15, 0.2) is 0 Å². The standard InChI is InChI=1S/C6H16NP/c1-5(2,3)6(4,7)8/h7-8H2,1-4H3. The van der Waals surface area contributed by atoms with Gasteiger partial charge in [-0.05, 0) is 12.3 Å². The van der Waals surface area contributed by atoms with Gasteiger partial charge in [0.2, 0.25) is 0 Å². The molecular weight excluding hydrogens is 117 g/mol. The van der Waals surface area contributed by atoms with Gasteiger partial charge in [-0.2, -0.15) is 0 Å². The Hall–Kier alpha value is 0.390. The zero-order valence-electron chi connectivity index (χ0n) is 6.15. The average molecular weight is 133 g/mol. The lowest BCUT2D eigenvalue weighted by Gasteiger charge is -2.34. The molecule has 1 nitrogen and oxygen atoms in total. The number of nitrogens with two attached hydrogens (primary N) is 1. The maximum atomic E-state index is 5.78. The minimum Gasteiger partial charge on any atom is -0.322 e. The highest BCUT2D eigenvalue weighted by Crippen LogP contribution is 2.32. The first-order valence-electron chi connectivity index (χ1n) is 2.83. The quantitative estimate of drug-likeness (QED) is 0.499. The van der Waals surface area contributed by atoms with Crippen LogP contribution < -0.4 is 5.73 Å². The van der Waals surface area contributed by atoms with E-state index in [9.17, 15) is 0 Å². The van der Waals surface area contributed by atoms with E-state index in [0.717, 1.165) is 0 Å². The van der Waals surface area contributed by atoms with Crippen LogP contribution in [0.5, 0.6) is 0 Å². The average Bonchev–Trinajstić information content (AvgIpc) is 1.25. The first-order valence-corrected chi connectivity index (χ1v) is 3.40. The van der Waals surface area contributed by atoms with Crippen molar-refractivity contribution in [2.45, 2.75) is 33.0 Å². The molecule has 0 saturated carbocycles. The molecule has 0 aliphatic heterocycles. The van der Waals surface area contributed by atoms with Gasteiger partial charge < -0.3 is 5.73 Å². The molecule has 8 heavy (non-hydrogen) atoms. The lowest BCUT2D eigenvalue weighted by molar-refractivity contribution is 0.306. The molecule has 0 heterocycles. The van der Waals surface area contributed by atoms with Crippen LogP contribution in [0.2, 0.25) is 0 Å². The van der Waals surface area contributed by atoms with Gasteiger partial charge in [-0.25, -0.2) is 0 Å². The summed E-state index contributed by atoms with van der Waals surface area (Å²) in [5.74, 6) is 0. The van der Waals surface area contributed by atoms with Crippen LogP contribution in [-0.4, -0.2) is 5.28 Å².